The molecule has 7 rings (SSSR count). The van der Waals surface area contributed by atoms with Crippen LogP contribution in [0.4, 0.5) is 5.69 Å². The molecule has 2 bridgehead atoms. The first-order chi connectivity index (χ1) is 23.0. The average molecular weight is 757 g/mol. The van der Waals surface area contributed by atoms with Crippen LogP contribution in [-0.4, -0.2) is 63.7 Å². The van der Waals surface area contributed by atoms with Crippen molar-refractivity contribution < 1.29 is 33.8 Å². The second-order valence-corrected chi connectivity index (χ2v) is 16.4. The summed E-state index contributed by atoms with van der Waals surface area (Å²) in [5.74, 6) is -3.25. The lowest BCUT2D eigenvalue weighted by Gasteiger charge is -2.43. The highest BCUT2D eigenvalue weighted by atomic mass is 79.9. The first-order valence-electron chi connectivity index (χ1n) is 15.8. The van der Waals surface area contributed by atoms with E-state index in [-0.39, 0.29) is 64.6 Å². The number of carboxylic acid groups (broad SMARTS) is 1. The Labute approximate surface area is 292 Å². The summed E-state index contributed by atoms with van der Waals surface area (Å²) in [5, 5.41) is 13.5. The molecule has 14 heteroatoms. The van der Waals surface area contributed by atoms with Crippen LogP contribution in [0, 0.1) is 35.5 Å². The largest absolute Gasteiger partial charge is 0.497 e. The van der Waals surface area contributed by atoms with Gasteiger partial charge in [0, 0.05) is 31.8 Å². The number of carbonyl (C=O) groups is 4. The number of anilines is 1. The van der Waals surface area contributed by atoms with Crippen molar-refractivity contribution in [1.29, 1.82) is 0 Å². The molecule has 7 unspecified atom stereocenters. The van der Waals surface area contributed by atoms with Gasteiger partial charge in [0.05, 0.1) is 24.0 Å². The fourth-order valence-corrected chi connectivity index (χ4v) is 11.6. The van der Waals surface area contributed by atoms with Crippen LogP contribution < -0.4 is 19.7 Å². The van der Waals surface area contributed by atoms with E-state index in [1.165, 1.54) is 0 Å². The van der Waals surface area contributed by atoms with Crippen LogP contribution in [0.2, 0.25) is 0 Å². The quantitative estimate of drug-likeness (QED) is 0.237. The molecule has 2 aromatic carbocycles. The molecule has 0 radical (unpaired) electrons. The highest BCUT2D eigenvalue weighted by molar-refractivity contribution is 9.10. The van der Waals surface area contributed by atoms with E-state index in [9.17, 15) is 29.1 Å². The molecule has 48 heavy (non-hydrogen) atoms. The number of imide groups is 1. The summed E-state index contributed by atoms with van der Waals surface area (Å²) < 4.78 is 12.1. The van der Waals surface area contributed by atoms with Gasteiger partial charge in [-0.3, -0.25) is 24.1 Å². The van der Waals surface area contributed by atoms with Crippen molar-refractivity contribution in [3.8, 4) is 11.5 Å². The summed E-state index contributed by atoms with van der Waals surface area (Å²) in [7, 11) is 1.57. The fraction of sp³-hybridized carbons (Fsp3) is 0.441. The third-order valence-electron chi connectivity index (χ3n) is 10.1. The Kier molecular flexibility index (Phi) is 8.69. The number of thioether (sulfide) groups is 1. The van der Waals surface area contributed by atoms with Gasteiger partial charge in [0.2, 0.25) is 11.8 Å². The number of likely N-dealkylation sites (tertiary alicyclic amines) is 1. The van der Waals surface area contributed by atoms with Crippen molar-refractivity contribution in [3.05, 3.63) is 67.0 Å². The number of benzene rings is 2. The van der Waals surface area contributed by atoms with Gasteiger partial charge in [-0.1, -0.05) is 41.1 Å². The van der Waals surface area contributed by atoms with Crippen LogP contribution in [0.3, 0.4) is 0 Å². The number of thiazole rings is 1. The van der Waals surface area contributed by atoms with Crippen LogP contribution in [0.15, 0.2) is 56.8 Å². The highest BCUT2D eigenvalue weighted by Crippen LogP contribution is 2.69. The van der Waals surface area contributed by atoms with E-state index in [2.05, 4.69) is 26.2 Å². The molecule has 11 nitrogen and oxygen atoms in total. The SMILES string of the molecule is COc1ccc(NC(=O)COc2ccc(Br)cc2[C@H]2c3sc(=O)[nH]c3SC3C4CC(C5C(=O)N(C(CC(C)C)C(=O)O)C(=O)C45)C32)cc1. The maximum Gasteiger partial charge on any atom is 0.326 e. The summed E-state index contributed by atoms with van der Waals surface area (Å²) in [5.41, 5.74) is 1.36. The third-order valence-corrected chi connectivity index (χ3v) is 13.2. The van der Waals surface area contributed by atoms with Gasteiger partial charge in [-0.15, -0.1) is 11.8 Å². The zero-order chi connectivity index (χ0) is 34.0. The van der Waals surface area contributed by atoms with E-state index in [0.717, 1.165) is 36.2 Å². The zero-order valence-electron chi connectivity index (χ0n) is 26.3. The number of carboxylic acids is 1. The average Bonchev–Trinajstić information content (AvgIpc) is 3.78. The second-order valence-electron chi connectivity index (χ2n) is 13.2. The molecule has 1 saturated heterocycles. The first kappa shape index (κ1) is 32.9. The topological polar surface area (TPSA) is 155 Å². The monoisotopic (exact) mass is 755 g/mol. The van der Waals surface area contributed by atoms with Crippen LogP contribution in [-0.2, 0) is 19.2 Å². The Morgan fingerprint density at radius 3 is 2.46 bits per heavy atom. The lowest BCUT2D eigenvalue weighted by atomic mass is 9.68. The minimum atomic E-state index is -1.20. The van der Waals surface area contributed by atoms with Crippen LogP contribution in [0.5, 0.6) is 11.5 Å². The predicted molar refractivity (Wildman–Crippen MR) is 182 cm³/mol. The fourth-order valence-electron chi connectivity index (χ4n) is 8.37. The van der Waals surface area contributed by atoms with E-state index in [4.69, 9.17) is 9.47 Å². The van der Waals surface area contributed by atoms with E-state index in [1.54, 1.807) is 49.2 Å². The van der Waals surface area contributed by atoms with Crippen molar-refractivity contribution in [3.63, 3.8) is 0 Å². The van der Waals surface area contributed by atoms with E-state index < -0.39 is 29.8 Å². The summed E-state index contributed by atoms with van der Waals surface area (Å²) >= 11 is 6.27. The van der Waals surface area contributed by atoms with Gasteiger partial charge in [0.1, 0.15) is 17.5 Å². The molecule has 8 atom stereocenters. The smallest absolute Gasteiger partial charge is 0.326 e. The predicted octanol–water partition coefficient (Wildman–Crippen LogP) is 5.20. The number of hydrogen-bond acceptors (Lipinski definition) is 9. The van der Waals surface area contributed by atoms with Crippen molar-refractivity contribution >= 4 is 68.4 Å². The molecule has 4 aliphatic rings. The molecule has 3 N–H and O–H groups in total. The van der Waals surface area contributed by atoms with Gasteiger partial charge in [-0.25, -0.2) is 4.79 Å². The molecule has 0 spiro atoms. The van der Waals surface area contributed by atoms with Crippen molar-refractivity contribution in [2.45, 2.75) is 48.9 Å². The molecule has 3 aromatic rings. The molecular weight excluding hydrogens is 722 g/mol. The first-order valence-corrected chi connectivity index (χ1v) is 18.3. The van der Waals surface area contributed by atoms with E-state index in [0.29, 0.717) is 23.6 Å². The number of halogens is 1. The zero-order valence-corrected chi connectivity index (χ0v) is 29.5. The van der Waals surface area contributed by atoms with Crippen molar-refractivity contribution in [1.82, 2.24) is 9.88 Å². The molecular formula is C34H34BrN3O8S2. The number of aromatic nitrogens is 1. The molecule has 3 fully saturated rings. The normalized spacial score (nSPS) is 27.4. The summed E-state index contributed by atoms with van der Waals surface area (Å²) in [6.45, 7) is 3.49. The number of ether oxygens (including phenoxy) is 2. The molecule has 2 saturated carbocycles. The molecule has 3 amide bonds. The van der Waals surface area contributed by atoms with Gasteiger partial charge in [-0.05, 0) is 79.0 Å². The Balaban J connectivity index is 1.21. The van der Waals surface area contributed by atoms with E-state index >= 15 is 0 Å². The van der Waals surface area contributed by atoms with Crippen molar-refractivity contribution in [2.75, 3.05) is 19.0 Å². The van der Waals surface area contributed by atoms with Gasteiger partial charge in [-0.2, -0.15) is 0 Å². The number of fused-ring (bicyclic) bond motifs is 9. The molecule has 1 aromatic heterocycles. The Hall–Kier alpha value is -3.62. The lowest BCUT2D eigenvalue weighted by Crippen LogP contribution is -2.47. The second kappa shape index (κ2) is 12.7. The number of aromatic amines is 1. The van der Waals surface area contributed by atoms with Crippen LogP contribution in [0.25, 0.3) is 0 Å². The number of H-pyrrole nitrogens is 1. The maximum atomic E-state index is 14.1. The minimum absolute atomic E-state index is 0.0209. The van der Waals surface area contributed by atoms with Crippen LogP contribution in [0.1, 0.15) is 43.0 Å². The Morgan fingerprint density at radius 1 is 1.08 bits per heavy atom. The number of amides is 3. The number of nitrogens with zero attached hydrogens (tertiary/aromatic N) is 1. The summed E-state index contributed by atoms with van der Waals surface area (Å²) in [6.07, 6.45) is 0.851. The number of methoxy groups -OCH3 is 1. The minimum Gasteiger partial charge on any atom is -0.497 e. The number of rotatable bonds is 10. The van der Waals surface area contributed by atoms with E-state index in [1.807, 2.05) is 26.0 Å². The Bertz CT molecular complexity index is 1860. The van der Waals surface area contributed by atoms with Crippen LogP contribution >= 0.6 is 39.0 Å². The van der Waals surface area contributed by atoms with Crippen molar-refractivity contribution in [2.24, 2.45) is 35.5 Å². The molecule has 2 aliphatic carbocycles. The summed E-state index contributed by atoms with van der Waals surface area (Å²) in [6, 6.07) is 11.3. The van der Waals surface area contributed by atoms with Gasteiger partial charge in [0.15, 0.2) is 6.61 Å². The van der Waals surface area contributed by atoms with Gasteiger partial charge in [0.25, 0.3) is 5.91 Å². The Morgan fingerprint density at radius 2 is 1.79 bits per heavy atom. The number of aliphatic carboxylic acids is 1. The molecule has 2 aliphatic heterocycles. The van der Waals surface area contributed by atoms with Gasteiger partial charge < -0.3 is 24.9 Å². The number of nitrogens with one attached hydrogen (secondary N) is 2. The maximum absolute atomic E-state index is 14.1. The summed E-state index contributed by atoms with van der Waals surface area (Å²) in [4.78, 5) is 70.7. The third kappa shape index (κ3) is 5.55. The lowest BCUT2D eigenvalue weighted by molar-refractivity contribution is -0.156. The number of hydrogen-bond donors (Lipinski definition) is 3. The number of carbonyl (C=O) groups excluding carboxylic acids is 3. The molecule has 252 valence electrons. The van der Waals surface area contributed by atoms with Gasteiger partial charge >= 0.3 is 10.8 Å². The molecule has 3 heterocycles. The standard InChI is InChI=1S/C34H34BrN3O8S2/c1-14(2)10-21(33(42)43)38-31(40)26-19-12-20(27(26)32(38)41)28-25(19)24(29-30(47-28)37-34(44)48-29)18-11-15(35)4-9-22(18)46-13-23(39)36-16-5-7-17(45-3)8-6-16/h4-9,11,14,19-21,24-28H,10,12-13H2,1-3H3,(H,36,39)(H,37,44)(H,42,43)/t19?,20?,21?,24-,25?,26?,27?,28?/m1/s1. The highest BCUT2D eigenvalue weighted by Gasteiger charge is 2.70.